The van der Waals surface area contributed by atoms with Crippen LogP contribution < -0.4 is 86.3 Å². The zero-order chi connectivity index (χ0) is 89.2. The number of H-pyrrole nitrogens is 2. The maximum absolute atomic E-state index is 15.3. The monoisotopic (exact) mass is 1680 g/mol. The number of nitrogens with one attached hydrogen (secondary N) is 15. The highest BCUT2D eigenvalue weighted by Gasteiger charge is 2.40. The average Bonchev–Trinajstić information content (AvgIpc) is 1.81. The molecule has 6 aromatic rings. The number of hydrogen-bond acceptors (Lipinski definition) is 22. The summed E-state index contributed by atoms with van der Waals surface area (Å²) in [6.45, 7) is 7.52. The quantitative estimate of drug-likeness (QED) is 0.0163. The number of aromatic amines is 2. The lowest BCUT2D eigenvalue weighted by Gasteiger charge is -2.29. The van der Waals surface area contributed by atoms with Gasteiger partial charge in [0.25, 0.3) is 0 Å². The third kappa shape index (κ3) is 31.6. The lowest BCUT2D eigenvalue weighted by molar-refractivity contribution is -0.139. The number of aromatic hydroxyl groups is 1. The molecule has 0 spiro atoms. The Bertz CT molecular complexity index is 4530. The molecule has 121 heavy (non-hydrogen) atoms. The van der Waals surface area contributed by atoms with Gasteiger partial charge in [0.05, 0.1) is 30.8 Å². The number of carboxylic acids is 1. The molecule has 2 aromatic heterocycles. The van der Waals surface area contributed by atoms with Crippen molar-refractivity contribution in [3.8, 4) is 5.75 Å². The number of phenols is 1. The number of phenolic OH excluding ortho intramolecular Hbond substituents is 1. The first kappa shape index (κ1) is 96.6. The van der Waals surface area contributed by atoms with Gasteiger partial charge in [0.1, 0.15) is 84.3 Å². The topological polar surface area (TPSA) is 653 Å². The van der Waals surface area contributed by atoms with E-state index in [1.54, 1.807) is 80.7 Å². The number of aromatic nitrogens is 3. The second-order valence-corrected chi connectivity index (χ2v) is 29.6. The standard InChI is InChI=1S/C81H109N19O21/c1-42(2)33-58(89-46(6)104)77(117)98-66(44(4)102)79(119)96-60(34-47-17-9-7-10-18-47)74(114)92-57(29-31-65(107)108)71(111)95-62(37-51-39-85-41-87-51)76(116)93-59(35-48-24-26-52(105)27-25-48)75(115)94-61(36-50-38-86-54-22-14-13-21-53(50)54)73(113)88-43(3)70(110)91-56(28-30-64(83)106)72(112)100-68(49-19-11-8-12-20-49)81(121)99-67(45(5)103)80(120)97-63(40-101)78(118)90-55(69(84)109)23-15-16-32-82/h7-14,17-22,24-27,38-39,41-45,55-63,66-68,86,101-103,105H,15-16,23,28-37,40,82H2,1-6H3,(H2,83,106)(H2,84,109)(H,85,87)(H,88,113)(H,89,104)(H,90,118)(H,91,110)(H,92,114)(H,93,116)(H,94,115)(H,95,111)(H,96,119)(H,97,120)(H,98,117)(H,99,121)(H,100,112)(H,107,108)/t43-,44+,45+,55-,56-,57-,58-,59-,60-,61-,62-,63-,66-,67-,68-/m0/s1. The number of amides is 15. The first-order chi connectivity index (χ1) is 57.4. The molecule has 15 atom stereocenters. The molecule has 0 aliphatic rings. The van der Waals surface area contributed by atoms with Crippen molar-refractivity contribution in [1.29, 1.82) is 0 Å². The summed E-state index contributed by atoms with van der Waals surface area (Å²) in [5.41, 5.74) is 18.6. The third-order valence-electron chi connectivity index (χ3n) is 19.2. The van der Waals surface area contributed by atoms with Crippen molar-refractivity contribution in [1.82, 2.24) is 84.1 Å². The van der Waals surface area contributed by atoms with Crippen LogP contribution >= 0.6 is 0 Å². The number of nitrogens with two attached hydrogens (primary N) is 3. The van der Waals surface area contributed by atoms with E-state index >= 15 is 14.4 Å². The smallest absolute Gasteiger partial charge is 0.303 e. The van der Waals surface area contributed by atoms with E-state index in [1.807, 2.05) is 0 Å². The summed E-state index contributed by atoms with van der Waals surface area (Å²) in [4.78, 5) is 232. The molecule has 654 valence electrons. The molecule has 0 aliphatic carbocycles. The number of benzene rings is 4. The van der Waals surface area contributed by atoms with Gasteiger partial charge in [0.2, 0.25) is 88.6 Å². The van der Waals surface area contributed by atoms with Crippen molar-refractivity contribution in [2.75, 3.05) is 13.2 Å². The van der Waals surface area contributed by atoms with Crippen molar-refractivity contribution in [3.05, 3.63) is 156 Å². The molecule has 4 aromatic carbocycles. The summed E-state index contributed by atoms with van der Waals surface area (Å²) in [7, 11) is 0. The minimum Gasteiger partial charge on any atom is -0.508 e. The number of unbranched alkanes of at least 4 members (excludes halogenated alkanes) is 1. The minimum absolute atomic E-state index is 0.0675. The molecule has 40 heteroatoms. The number of carbonyl (C=O) groups is 16. The van der Waals surface area contributed by atoms with Gasteiger partial charge in [-0.05, 0) is 112 Å². The Labute approximate surface area is 696 Å². The van der Waals surface area contributed by atoms with E-state index in [9.17, 15) is 87.9 Å². The van der Waals surface area contributed by atoms with Crippen LogP contribution in [-0.2, 0) is 102 Å². The Morgan fingerprint density at radius 2 is 0.909 bits per heavy atom. The number of primary amides is 2. The van der Waals surface area contributed by atoms with Gasteiger partial charge in [-0.2, -0.15) is 0 Å². The van der Waals surface area contributed by atoms with Crippen LogP contribution in [0, 0.1) is 5.92 Å². The highest BCUT2D eigenvalue weighted by molar-refractivity contribution is 6.01. The van der Waals surface area contributed by atoms with Crippen molar-refractivity contribution in [2.45, 2.75) is 209 Å². The van der Waals surface area contributed by atoms with Gasteiger partial charge >= 0.3 is 5.97 Å². The van der Waals surface area contributed by atoms with Gasteiger partial charge in [0.15, 0.2) is 0 Å². The number of aliphatic carboxylic acids is 1. The number of aliphatic hydroxyl groups is 3. The molecule has 15 amide bonds. The molecule has 0 fully saturated rings. The van der Waals surface area contributed by atoms with Crippen LogP contribution in [0.3, 0.4) is 0 Å². The van der Waals surface area contributed by atoms with E-state index in [-0.39, 0.29) is 55.2 Å². The predicted molar refractivity (Wildman–Crippen MR) is 435 cm³/mol. The Morgan fingerprint density at radius 1 is 0.446 bits per heavy atom. The molecular weight excluding hydrogens is 1580 g/mol. The number of carboxylic acid groups (broad SMARTS) is 1. The zero-order valence-corrected chi connectivity index (χ0v) is 67.7. The van der Waals surface area contributed by atoms with Gasteiger partial charge < -0.3 is 122 Å². The Morgan fingerprint density at radius 3 is 1.44 bits per heavy atom. The Kier molecular flexibility index (Phi) is 38.3. The minimum atomic E-state index is -1.90. The lowest BCUT2D eigenvalue weighted by atomic mass is 10.0. The van der Waals surface area contributed by atoms with Crippen molar-refractivity contribution >= 4 is 105 Å². The number of imidazole rings is 1. The zero-order valence-electron chi connectivity index (χ0n) is 67.7. The molecule has 0 aliphatic heterocycles. The molecular formula is C81H109N19O21. The fourth-order valence-corrected chi connectivity index (χ4v) is 12.7. The highest BCUT2D eigenvalue weighted by Crippen LogP contribution is 2.22. The van der Waals surface area contributed by atoms with Gasteiger partial charge in [0, 0.05) is 68.7 Å². The maximum Gasteiger partial charge on any atom is 0.303 e. The van der Waals surface area contributed by atoms with Crippen molar-refractivity contribution < 1.29 is 102 Å². The average molecular weight is 1680 g/mol. The Balaban J connectivity index is 1.28. The molecule has 2 heterocycles. The summed E-state index contributed by atoms with van der Waals surface area (Å²) in [5, 5.41) is 85.1. The predicted octanol–water partition coefficient (Wildman–Crippen LogP) is -3.87. The van der Waals surface area contributed by atoms with E-state index in [4.69, 9.17) is 17.2 Å². The summed E-state index contributed by atoms with van der Waals surface area (Å²) in [6, 6.07) is 6.32. The number of rotatable bonds is 50. The second kappa shape index (κ2) is 48.0. The van der Waals surface area contributed by atoms with Crippen LogP contribution in [0.15, 0.2) is 128 Å². The molecule has 0 radical (unpaired) electrons. The SMILES string of the molecule is CC(=O)N[C@@H](CC(C)C)C(=O)N[C@H](C(=O)N[C@@H](Cc1ccccc1)C(=O)N[C@@H](CCC(=O)O)C(=O)N[C@@H](Cc1c[nH]cn1)C(=O)N[C@@H](Cc1ccc(O)cc1)C(=O)N[C@@H](Cc1c[nH]c2ccccc12)C(=O)N[C@@H](C)C(=O)N[C@@H](CCC(N)=O)C(=O)N[C@H](C(=O)N[C@H](C(=O)N[C@@H](CO)C(=O)N[C@@H](CCCCN)C(N)=O)[C@@H](C)O)c1ccccc1)[C@@H](C)O. The Hall–Kier alpha value is -13.2. The number of fused-ring (bicyclic) bond motifs is 1. The first-order valence-electron chi connectivity index (χ1n) is 39.2. The van der Waals surface area contributed by atoms with Crippen LogP contribution in [0.5, 0.6) is 5.75 Å². The van der Waals surface area contributed by atoms with Crippen LogP contribution in [0.2, 0.25) is 0 Å². The second-order valence-electron chi connectivity index (χ2n) is 29.6. The molecule has 0 unspecified atom stereocenters. The molecule has 40 nitrogen and oxygen atoms in total. The van der Waals surface area contributed by atoms with E-state index in [2.05, 4.69) is 84.1 Å². The number of hydrogen-bond donors (Lipinski definition) is 23. The van der Waals surface area contributed by atoms with Crippen LogP contribution in [0.25, 0.3) is 10.9 Å². The largest absolute Gasteiger partial charge is 0.508 e. The summed E-state index contributed by atoms with van der Waals surface area (Å²) < 4.78 is 0. The van der Waals surface area contributed by atoms with E-state index in [1.165, 1.54) is 81.8 Å². The number of carbonyl (C=O) groups excluding carboxylic acids is 15. The molecule has 6 rings (SSSR count). The number of nitrogens with zero attached hydrogens (tertiary/aromatic N) is 1. The first-order valence-corrected chi connectivity index (χ1v) is 39.2. The number of aliphatic hydroxyl groups excluding tert-OH is 3. The van der Waals surface area contributed by atoms with Gasteiger partial charge in [-0.15, -0.1) is 0 Å². The van der Waals surface area contributed by atoms with Crippen molar-refractivity contribution in [3.63, 3.8) is 0 Å². The highest BCUT2D eigenvalue weighted by atomic mass is 16.4. The van der Waals surface area contributed by atoms with Gasteiger partial charge in [-0.25, -0.2) is 4.98 Å². The van der Waals surface area contributed by atoms with Crippen molar-refractivity contribution in [2.24, 2.45) is 23.1 Å². The molecule has 26 N–H and O–H groups in total. The summed E-state index contributed by atoms with van der Waals surface area (Å²) >= 11 is 0. The van der Waals surface area contributed by atoms with E-state index in [0.717, 1.165) is 6.92 Å². The fraction of sp³-hybridized carbons (Fsp3) is 0.444. The lowest BCUT2D eigenvalue weighted by Crippen LogP contribution is -2.62. The van der Waals surface area contributed by atoms with Gasteiger partial charge in [-0.1, -0.05) is 105 Å². The molecule has 0 saturated carbocycles. The van der Waals surface area contributed by atoms with E-state index in [0.29, 0.717) is 40.4 Å². The summed E-state index contributed by atoms with van der Waals surface area (Å²) in [5.74, 6) is -17.1. The van der Waals surface area contributed by atoms with E-state index < -0.39 is 230 Å². The molecule has 0 saturated heterocycles. The fourth-order valence-electron chi connectivity index (χ4n) is 12.7. The maximum atomic E-state index is 15.3. The van der Waals surface area contributed by atoms with Gasteiger partial charge in [-0.3, -0.25) is 76.7 Å². The van der Waals surface area contributed by atoms with Crippen LogP contribution in [0.1, 0.15) is 127 Å². The van der Waals surface area contributed by atoms with Crippen LogP contribution in [0.4, 0.5) is 0 Å². The number of para-hydroxylation sites is 1. The molecule has 0 bridgehead atoms. The normalized spacial score (nSPS) is 14.9. The van der Waals surface area contributed by atoms with Crippen LogP contribution in [-0.4, -0.2) is 233 Å². The third-order valence-corrected chi connectivity index (χ3v) is 19.2. The summed E-state index contributed by atoms with van der Waals surface area (Å²) in [6.07, 6.45) is -2.00.